The van der Waals surface area contributed by atoms with E-state index in [4.69, 9.17) is 0 Å². The molecule has 0 bridgehead atoms. The first kappa shape index (κ1) is 44.7. The van der Waals surface area contributed by atoms with E-state index in [9.17, 15) is 30.3 Å². The maximum atomic E-state index is 12.3. The second-order valence-corrected chi connectivity index (χ2v) is 12.4. The number of carbonyl (C=O) groups excluding carboxylic acids is 1. The van der Waals surface area contributed by atoms with Gasteiger partial charge in [0.2, 0.25) is 5.91 Å². The van der Waals surface area contributed by atoms with Gasteiger partial charge in [-0.1, -0.05) is 164 Å². The first-order chi connectivity index (χ1) is 22.8. The fourth-order valence-corrected chi connectivity index (χ4v) is 5.08. The SMILES string of the molecule is CC/C=C\C[C@H](O)/C=C/C=C\C/C=C\C=C\[C@H](O)/C=C\CCCC(=O)N[C@@H](CO)[C@@H](O)[C@H](O)CCCCCCCCCCCCCC. The van der Waals surface area contributed by atoms with Gasteiger partial charge in [0.05, 0.1) is 31.0 Å². The highest BCUT2D eigenvalue weighted by Gasteiger charge is 2.26. The lowest BCUT2D eigenvalue weighted by Gasteiger charge is -2.26. The Balaban J connectivity index is 4.05. The van der Waals surface area contributed by atoms with Crippen molar-refractivity contribution in [3.8, 4) is 0 Å². The molecule has 6 N–H and O–H groups in total. The lowest BCUT2D eigenvalue weighted by atomic mass is 9.99. The third-order valence-electron chi connectivity index (χ3n) is 8.00. The molecule has 5 atom stereocenters. The number of amides is 1. The molecule has 0 aliphatic carbocycles. The number of hydrogen-bond acceptors (Lipinski definition) is 6. The van der Waals surface area contributed by atoms with Crippen LogP contribution in [0.3, 0.4) is 0 Å². The summed E-state index contributed by atoms with van der Waals surface area (Å²) in [5, 5.41) is 53.1. The molecule has 7 nitrogen and oxygen atoms in total. The Hall–Kier alpha value is -2.29. The Morgan fingerprint density at radius 1 is 0.660 bits per heavy atom. The third-order valence-corrected chi connectivity index (χ3v) is 8.00. The lowest BCUT2D eigenvalue weighted by Crippen LogP contribution is -2.50. The summed E-state index contributed by atoms with van der Waals surface area (Å²) >= 11 is 0. The van der Waals surface area contributed by atoms with E-state index in [-0.39, 0.29) is 12.3 Å². The van der Waals surface area contributed by atoms with E-state index in [1.54, 1.807) is 24.3 Å². The summed E-state index contributed by atoms with van der Waals surface area (Å²) in [6, 6.07) is -0.900. The molecule has 1 amide bonds. The Morgan fingerprint density at radius 2 is 1.26 bits per heavy atom. The minimum absolute atomic E-state index is 0.217. The van der Waals surface area contributed by atoms with E-state index >= 15 is 0 Å². The highest BCUT2D eigenvalue weighted by Crippen LogP contribution is 2.15. The monoisotopic (exact) mass is 660 g/mol. The normalized spacial score (nSPS) is 16.0. The average Bonchev–Trinajstić information content (AvgIpc) is 3.06. The fraction of sp³-hybridized carbons (Fsp3) is 0.675. The van der Waals surface area contributed by atoms with Gasteiger partial charge in [0.1, 0.15) is 6.10 Å². The molecule has 0 aromatic carbocycles. The van der Waals surface area contributed by atoms with Crippen LogP contribution >= 0.6 is 0 Å². The first-order valence-corrected chi connectivity index (χ1v) is 18.5. The molecule has 0 rings (SSSR count). The van der Waals surface area contributed by atoms with Gasteiger partial charge in [-0.25, -0.2) is 0 Å². The Morgan fingerprint density at radius 3 is 1.85 bits per heavy atom. The van der Waals surface area contributed by atoms with Gasteiger partial charge >= 0.3 is 0 Å². The minimum atomic E-state index is -1.21. The molecule has 0 saturated heterocycles. The largest absolute Gasteiger partial charge is 0.394 e. The third kappa shape index (κ3) is 29.6. The summed E-state index contributed by atoms with van der Waals surface area (Å²) in [5.74, 6) is -0.288. The number of hydrogen-bond donors (Lipinski definition) is 6. The predicted octanol–water partition coefficient (Wildman–Crippen LogP) is 7.70. The van der Waals surface area contributed by atoms with Crippen molar-refractivity contribution in [1.29, 1.82) is 0 Å². The van der Waals surface area contributed by atoms with Crippen LogP contribution in [-0.2, 0) is 4.79 Å². The molecule has 0 aliphatic rings. The van der Waals surface area contributed by atoms with Crippen molar-refractivity contribution >= 4 is 5.91 Å². The van der Waals surface area contributed by atoms with Crippen LogP contribution in [0.4, 0.5) is 0 Å². The summed E-state index contributed by atoms with van der Waals surface area (Å²) in [7, 11) is 0. The Labute approximate surface area is 287 Å². The highest BCUT2D eigenvalue weighted by molar-refractivity contribution is 5.76. The fourth-order valence-electron chi connectivity index (χ4n) is 5.08. The standard InChI is InChI=1S/C40H69NO6/c1-3-5-7-8-9-10-11-12-13-17-20-26-32-38(45)40(47)37(34-42)41-39(46)33-27-21-25-31-36(44)30-24-19-16-14-15-18-23-29-35(43)28-22-6-4-2/h6,15-16,18-19,22-25,29-31,35-38,40,42-45,47H,3-5,7-14,17,20-21,26-28,32-34H2,1-2H3,(H,41,46)/b18-15-,19-16-,22-6-,29-23+,30-24+,31-25-/t35-,36-,37-,38+,40+/m0/s1. The zero-order valence-corrected chi connectivity index (χ0v) is 29.6. The van der Waals surface area contributed by atoms with Gasteiger partial charge in [0.15, 0.2) is 0 Å². The van der Waals surface area contributed by atoms with E-state index in [1.807, 2.05) is 48.6 Å². The van der Waals surface area contributed by atoms with Crippen LogP contribution in [0, 0.1) is 0 Å². The number of aliphatic hydroxyl groups excluding tert-OH is 5. The molecule has 7 heteroatoms. The van der Waals surface area contributed by atoms with Crippen molar-refractivity contribution in [1.82, 2.24) is 5.32 Å². The number of nitrogens with one attached hydrogen (secondary N) is 1. The zero-order valence-electron chi connectivity index (χ0n) is 29.6. The van der Waals surface area contributed by atoms with E-state index in [1.165, 1.54) is 57.8 Å². The van der Waals surface area contributed by atoms with Crippen LogP contribution in [0.5, 0.6) is 0 Å². The molecule has 0 spiro atoms. The van der Waals surface area contributed by atoms with Crippen LogP contribution in [0.2, 0.25) is 0 Å². The Kier molecular flexibility index (Phi) is 32.0. The van der Waals surface area contributed by atoms with Crippen molar-refractivity contribution in [2.75, 3.05) is 6.61 Å². The van der Waals surface area contributed by atoms with E-state index in [2.05, 4.69) is 19.2 Å². The predicted molar refractivity (Wildman–Crippen MR) is 197 cm³/mol. The van der Waals surface area contributed by atoms with Crippen molar-refractivity contribution in [2.45, 2.75) is 166 Å². The summed E-state index contributed by atoms with van der Waals surface area (Å²) < 4.78 is 0. The summed E-state index contributed by atoms with van der Waals surface area (Å²) in [6.07, 6.45) is 37.7. The second-order valence-electron chi connectivity index (χ2n) is 12.4. The number of allylic oxidation sites excluding steroid dienone is 8. The van der Waals surface area contributed by atoms with Gasteiger partial charge in [0, 0.05) is 6.42 Å². The van der Waals surface area contributed by atoms with Gasteiger partial charge in [-0.2, -0.15) is 0 Å². The molecule has 0 aromatic heterocycles. The van der Waals surface area contributed by atoms with E-state index in [0.29, 0.717) is 25.7 Å². The van der Waals surface area contributed by atoms with Crippen molar-refractivity contribution in [3.05, 3.63) is 72.9 Å². The van der Waals surface area contributed by atoms with Gasteiger partial charge in [-0.05, 0) is 38.5 Å². The first-order valence-electron chi connectivity index (χ1n) is 18.5. The molecule has 0 saturated carbocycles. The van der Waals surface area contributed by atoms with Crippen LogP contribution in [0.1, 0.15) is 136 Å². The topological polar surface area (TPSA) is 130 Å². The molecule has 270 valence electrons. The van der Waals surface area contributed by atoms with Gasteiger partial charge in [-0.15, -0.1) is 0 Å². The molecular weight excluding hydrogens is 590 g/mol. The van der Waals surface area contributed by atoms with Crippen LogP contribution in [0.25, 0.3) is 0 Å². The van der Waals surface area contributed by atoms with Gasteiger partial charge in [0.25, 0.3) is 0 Å². The number of unbranched alkanes of at least 4 members (excludes halogenated alkanes) is 12. The molecule has 0 heterocycles. The molecule has 0 aliphatic heterocycles. The van der Waals surface area contributed by atoms with Gasteiger partial charge < -0.3 is 30.8 Å². The van der Waals surface area contributed by atoms with Crippen LogP contribution < -0.4 is 5.32 Å². The summed E-state index contributed by atoms with van der Waals surface area (Å²) in [4.78, 5) is 12.3. The average molecular weight is 660 g/mol. The van der Waals surface area contributed by atoms with Crippen molar-refractivity contribution < 1.29 is 30.3 Å². The lowest BCUT2D eigenvalue weighted by molar-refractivity contribution is -0.124. The highest BCUT2D eigenvalue weighted by atomic mass is 16.3. The number of aliphatic hydroxyl groups is 5. The summed E-state index contributed by atoms with van der Waals surface area (Å²) in [6.45, 7) is 3.86. The smallest absolute Gasteiger partial charge is 0.220 e. The number of carbonyl (C=O) groups is 1. The molecule has 0 aromatic rings. The van der Waals surface area contributed by atoms with Crippen LogP contribution in [0.15, 0.2) is 72.9 Å². The van der Waals surface area contributed by atoms with Gasteiger partial charge in [-0.3, -0.25) is 4.79 Å². The molecule has 0 radical (unpaired) electrons. The summed E-state index contributed by atoms with van der Waals surface area (Å²) in [5.41, 5.74) is 0. The minimum Gasteiger partial charge on any atom is -0.394 e. The zero-order chi connectivity index (χ0) is 34.8. The van der Waals surface area contributed by atoms with E-state index in [0.717, 1.165) is 32.1 Å². The van der Waals surface area contributed by atoms with Crippen molar-refractivity contribution in [2.24, 2.45) is 0 Å². The molecule has 0 unspecified atom stereocenters. The second kappa shape index (κ2) is 33.6. The van der Waals surface area contributed by atoms with Crippen LogP contribution in [-0.4, -0.2) is 68.5 Å². The molecular formula is C40H69NO6. The quantitative estimate of drug-likeness (QED) is 0.0257. The number of rotatable bonds is 31. The molecule has 47 heavy (non-hydrogen) atoms. The maximum Gasteiger partial charge on any atom is 0.220 e. The van der Waals surface area contributed by atoms with E-state index < -0.39 is 37.1 Å². The Bertz CT molecular complexity index is 893. The van der Waals surface area contributed by atoms with Crippen molar-refractivity contribution in [3.63, 3.8) is 0 Å². The maximum absolute atomic E-state index is 12.3. The molecule has 0 fully saturated rings.